The summed E-state index contributed by atoms with van der Waals surface area (Å²) in [5.41, 5.74) is 0. The normalized spacial score (nSPS) is 14.4. The van der Waals surface area contributed by atoms with Crippen LogP contribution in [0, 0.1) is 0 Å². The second-order valence-corrected chi connectivity index (χ2v) is 13.2. The van der Waals surface area contributed by atoms with Gasteiger partial charge >= 0.3 is 198 Å². The minimum Gasteiger partial charge on any atom is -2.00 e. The molecule has 0 aliphatic rings. The molecular weight excluding hydrogens is 543 g/mol. The van der Waals surface area contributed by atoms with Crippen molar-refractivity contribution < 1.29 is 38.0 Å². The maximum atomic E-state index is 12.3. The first-order chi connectivity index (χ1) is 14.8. The Morgan fingerprint density at radius 3 is 1.38 bits per heavy atom. The van der Waals surface area contributed by atoms with Gasteiger partial charge in [-0.2, -0.15) is 0 Å². The van der Waals surface area contributed by atoms with Gasteiger partial charge in [0.2, 0.25) is 0 Å². The smallest absolute Gasteiger partial charge is 2.00 e. The second-order valence-electron chi connectivity index (χ2n) is 7.29. The number of unbranched alkanes of at least 4 members (excludes halogenated alkanes) is 2. The second kappa shape index (κ2) is 22.7. The molecule has 0 spiro atoms. The van der Waals surface area contributed by atoms with Crippen molar-refractivity contribution in [1.29, 1.82) is 0 Å². The SMILES string of the molecule is CCCCOCCOC(C)OC(=O)[CH](C)[Sn+2][CH](C)C(=O)OC(C)OCCOCCCC.[S-2]. The van der Waals surface area contributed by atoms with Gasteiger partial charge in [-0.05, 0) is 0 Å². The van der Waals surface area contributed by atoms with Crippen molar-refractivity contribution in [3.05, 3.63) is 0 Å². The molecule has 4 atom stereocenters. The quantitative estimate of drug-likeness (QED) is 0.0925. The summed E-state index contributed by atoms with van der Waals surface area (Å²) >= 11 is -1.41. The molecule has 0 aromatic rings. The van der Waals surface area contributed by atoms with Crippen molar-refractivity contribution in [2.45, 2.75) is 87.7 Å². The Hall–Kier alpha value is -0.0713. The summed E-state index contributed by atoms with van der Waals surface area (Å²) in [4.78, 5) is 24.6. The summed E-state index contributed by atoms with van der Waals surface area (Å²) in [5.74, 6) is -0.668. The number of rotatable bonds is 20. The van der Waals surface area contributed by atoms with Crippen LogP contribution >= 0.6 is 0 Å². The molecule has 8 nitrogen and oxygen atoms in total. The van der Waals surface area contributed by atoms with Gasteiger partial charge in [-0.1, -0.05) is 0 Å². The van der Waals surface area contributed by atoms with E-state index in [1.807, 2.05) is 0 Å². The van der Waals surface area contributed by atoms with Gasteiger partial charge in [0.15, 0.2) is 0 Å². The summed E-state index contributed by atoms with van der Waals surface area (Å²) in [5, 5.41) is 0. The molecule has 0 saturated carbocycles. The predicted octanol–water partition coefficient (Wildman–Crippen LogP) is 3.75. The molecule has 4 unspecified atom stereocenters. The summed E-state index contributed by atoms with van der Waals surface area (Å²) in [6.45, 7) is 14.3. The minimum absolute atomic E-state index is 0. The van der Waals surface area contributed by atoms with Gasteiger partial charge in [-0.3, -0.25) is 0 Å². The average molecular weight is 585 g/mol. The Morgan fingerprint density at radius 1 is 0.656 bits per heavy atom. The third kappa shape index (κ3) is 19.4. The van der Waals surface area contributed by atoms with Crippen LogP contribution in [0.15, 0.2) is 0 Å². The molecule has 10 heteroatoms. The fourth-order valence-electron chi connectivity index (χ4n) is 2.35. The standard InChI is InChI=1S/2C11H21O4.S.Sn/c2*1-4-6-7-13-8-9-14-10(3)15-11(12)5-2;;/h2*5,10H,4,6-9H2,1-3H3;;/q;;-2;+2. The molecule has 0 aromatic carbocycles. The van der Waals surface area contributed by atoms with Crippen LogP contribution in [0.4, 0.5) is 0 Å². The van der Waals surface area contributed by atoms with E-state index in [0.29, 0.717) is 39.6 Å². The molecule has 0 radical (unpaired) electrons. The molecule has 32 heavy (non-hydrogen) atoms. The third-order valence-corrected chi connectivity index (χ3v) is 8.42. The molecule has 0 rings (SSSR count). The van der Waals surface area contributed by atoms with Gasteiger partial charge in [0, 0.05) is 0 Å². The van der Waals surface area contributed by atoms with Crippen LogP contribution in [-0.2, 0) is 51.5 Å². The summed E-state index contributed by atoms with van der Waals surface area (Å²) in [6, 6.07) is 0. The zero-order valence-electron chi connectivity index (χ0n) is 20.6. The number of carbonyl (C=O) groups excluding carboxylic acids is 2. The van der Waals surface area contributed by atoms with Crippen molar-refractivity contribution in [3.63, 3.8) is 0 Å². The van der Waals surface area contributed by atoms with Crippen LogP contribution in [0.25, 0.3) is 0 Å². The Kier molecular flexibility index (Phi) is 24.2. The van der Waals surface area contributed by atoms with Crippen molar-refractivity contribution >= 4 is 46.6 Å². The number of hydrogen-bond donors (Lipinski definition) is 0. The van der Waals surface area contributed by atoms with Crippen molar-refractivity contribution in [2.24, 2.45) is 0 Å². The number of hydrogen-bond acceptors (Lipinski definition) is 8. The molecule has 0 N–H and O–H groups in total. The summed E-state index contributed by atoms with van der Waals surface area (Å²) in [7, 11) is 0. The van der Waals surface area contributed by atoms with E-state index in [2.05, 4.69) is 13.8 Å². The van der Waals surface area contributed by atoms with Gasteiger partial charge < -0.3 is 13.5 Å². The molecule has 188 valence electrons. The monoisotopic (exact) mass is 586 g/mol. The molecule has 0 heterocycles. The van der Waals surface area contributed by atoms with Crippen LogP contribution in [0.2, 0.25) is 7.87 Å². The number of esters is 2. The van der Waals surface area contributed by atoms with Gasteiger partial charge in [-0.15, -0.1) is 0 Å². The van der Waals surface area contributed by atoms with E-state index in [-0.39, 0.29) is 33.3 Å². The van der Waals surface area contributed by atoms with E-state index in [4.69, 9.17) is 28.4 Å². The average Bonchev–Trinajstić information content (AvgIpc) is 2.72. The zero-order chi connectivity index (χ0) is 23.5. The molecule has 0 amide bonds. The van der Waals surface area contributed by atoms with Crippen LogP contribution < -0.4 is 0 Å². The van der Waals surface area contributed by atoms with Crippen molar-refractivity contribution in [3.8, 4) is 0 Å². The van der Waals surface area contributed by atoms with Gasteiger partial charge in [0.1, 0.15) is 0 Å². The van der Waals surface area contributed by atoms with Crippen LogP contribution in [-0.4, -0.2) is 85.3 Å². The zero-order valence-corrected chi connectivity index (χ0v) is 24.2. The number of ether oxygens (including phenoxy) is 6. The van der Waals surface area contributed by atoms with Crippen molar-refractivity contribution in [2.75, 3.05) is 39.6 Å². The maximum absolute atomic E-state index is 12.3. The number of carbonyl (C=O) groups is 2. The van der Waals surface area contributed by atoms with Gasteiger partial charge in [-0.25, -0.2) is 0 Å². The first-order valence-corrected chi connectivity index (χ1v) is 14.7. The Morgan fingerprint density at radius 2 is 1.03 bits per heavy atom. The van der Waals surface area contributed by atoms with E-state index >= 15 is 0 Å². The summed E-state index contributed by atoms with van der Waals surface area (Å²) < 4.78 is 31.8. The molecule has 0 aromatic heterocycles. The van der Waals surface area contributed by atoms with E-state index in [1.165, 1.54) is 0 Å². The van der Waals surface area contributed by atoms with Crippen LogP contribution in [0.3, 0.4) is 0 Å². The predicted molar refractivity (Wildman–Crippen MR) is 126 cm³/mol. The molecular formula is C22H42O8SSn. The van der Waals surface area contributed by atoms with Gasteiger partial charge in [0.25, 0.3) is 0 Å². The Bertz CT molecular complexity index is 429. The van der Waals surface area contributed by atoms with E-state index < -0.39 is 33.7 Å². The topological polar surface area (TPSA) is 89.5 Å². The Labute approximate surface area is 211 Å². The molecule has 0 saturated heterocycles. The first kappa shape index (κ1) is 34.1. The van der Waals surface area contributed by atoms with Crippen LogP contribution in [0.1, 0.15) is 67.2 Å². The van der Waals surface area contributed by atoms with E-state index in [1.54, 1.807) is 27.7 Å². The molecule has 0 aliphatic heterocycles. The fraction of sp³-hybridized carbons (Fsp3) is 0.909. The molecule has 0 bridgehead atoms. The van der Waals surface area contributed by atoms with Crippen molar-refractivity contribution in [1.82, 2.24) is 0 Å². The molecule has 0 aliphatic carbocycles. The fourth-order valence-corrected chi connectivity index (χ4v) is 5.66. The van der Waals surface area contributed by atoms with Crippen LogP contribution in [0.5, 0.6) is 0 Å². The van der Waals surface area contributed by atoms with Gasteiger partial charge in [0.05, 0.1) is 0 Å². The molecule has 0 fully saturated rings. The van der Waals surface area contributed by atoms with E-state index in [9.17, 15) is 9.59 Å². The first-order valence-electron chi connectivity index (χ1n) is 11.4. The van der Waals surface area contributed by atoms with E-state index in [0.717, 1.165) is 25.7 Å². The third-order valence-electron chi connectivity index (χ3n) is 4.22. The minimum atomic E-state index is -1.41. The summed E-state index contributed by atoms with van der Waals surface area (Å²) in [6.07, 6.45) is 2.94. The Balaban J connectivity index is 0.